The highest BCUT2D eigenvalue weighted by Gasteiger charge is 2.29. The Balaban J connectivity index is 2.02. The van der Waals surface area contributed by atoms with Gasteiger partial charge in [0.2, 0.25) is 0 Å². The Morgan fingerprint density at radius 2 is 2.00 bits per heavy atom. The van der Waals surface area contributed by atoms with E-state index in [1.165, 1.54) is 13.2 Å². The van der Waals surface area contributed by atoms with Crippen LogP contribution in [0.25, 0.3) is 11.1 Å². The van der Waals surface area contributed by atoms with Gasteiger partial charge in [-0.3, -0.25) is 4.99 Å². The molecule has 0 fully saturated rings. The summed E-state index contributed by atoms with van der Waals surface area (Å²) in [4.78, 5) is 4.64. The normalized spacial score (nSPS) is 20.9. The van der Waals surface area contributed by atoms with Gasteiger partial charge >= 0.3 is 0 Å². The predicted octanol–water partition coefficient (Wildman–Crippen LogP) is 4.17. The first kappa shape index (κ1) is 15.9. The van der Waals surface area contributed by atoms with Crippen LogP contribution in [0.5, 0.6) is 5.75 Å². The van der Waals surface area contributed by atoms with Crippen molar-refractivity contribution in [2.45, 2.75) is 18.9 Å². The first-order chi connectivity index (χ1) is 11.0. The number of aliphatic imine (C=N–C) groups is 1. The van der Waals surface area contributed by atoms with Gasteiger partial charge in [0.1, 0.15) is 0 Å². The summed E-state index contributed by atoms with van der Waals surface area (Å²) in [6.07, 6.45) is 0.939. The summed E-state index contributed by atoms with van der Waals surface area (Å²) in [5.41, 5.74) is 8.63. The molecule has 2 N–H and O–H groups in total. The molecule has 3 nitrogen and oxygen atoms in total. The van der Waals surface area contributed by atoms with Crippen molar-refractivity contribution in [3.05, 3.63) is 53.8 Å². The maximum atomic E-state index is 13.6. The number of ether oxygens (including phenoxy) is 1. The van der Waals surface area contributed by atoms with E-state index in [1.54, 1.807) is 23.9 Å². The zero-order valence-electron chi connectivity index (χ0n) is 13.2. The van der Waals surface area contributed by atoms with Crippen LogP contribution in [0.15, 0.2) is 47.5 Å². The summed E-state index contributed by atoms with van der Waals surface area (Å²) in [5, 5.41) is 0.632. The number of halogens is 1. The first-order valence-electron chi connectivity index (χ1n) is 7.44. The van der Waals surface area contributed by atoms with Gasteiger partial charge in [-0.2, -0.15) is 0 Å². The van der Waals surface area contributed by atoms with E-state index < -0.39 is 0 Å². The molecule has 0 bridgehead atoms. The van der Waals surface area contributed by atoms with Crippen molar-refractivity contribution in [2.75, 3.05) is 12.9 Å². The van der Waals surface area contributed by atoms with E-state index in [9.17, 15) is 4.39 Å². The number of benzene rings is 2. The number of methoxy groups -OCH3 is 1. The average Bonchev–Trinajstić information content (AvgIpc) is 2.55. The Kier molecular flexibility index (Phi) is 4.31. The van der Waals surface area contributed by atoms with Gasteiger partial charge in [-0.05, 0) is 48.2 Å². The highest BCUT2D eigenvalue weighted by Crippen LogP contribution is 2.37. The molecule has 0 saturated carbocycles. The lowest BCUT2D eigenvalue weighted by molar-refractivity contribution is 0.387. The molecule has 1 atom stereocenters. The highest BCUT2D eigenvalue weighted by atomic mass is 32.2. The summed E-state index contributed by atoms with van der Waals surface area (Å²) >= 11 is 1.59. The maximum absolute atomic E-state index is 13.6. The van der Waals surface area contributed by atoms with E-state index in [2.05, 4.69) is 24.0 Å². The van der Waals surface area contributed by atoms with Gasteiger partial charge < -0.3 is 10.5 Å². The van der Waals surface area contributed by atoms with Gasteiger partial charge in [0.15, 0.2) is 16.7 Å². The molecule has 1 aliphatic heterocycles. The van der Waals surface area contributed by atoms with Gasteiger partial charge in [-0.15, -0.1) is 0 Å². The molecule has 1 heterocycles. The summed E-state index contributed by atoms with van der Waals surface area (Å²) in [5.74, 6) is 0.844. The Hall–Kier alpha value is -2.01. The van der Waals surface area contributed by atoms with Crippen molar-refractivity contribution in [1.29, 1.82) is 0 Å². The summed E-state index contributed by atoms with van der Waals surface area (Å²) in [7, 11) is 1.47. The highest BCUT2D eigenvalue weighted by molar-refractivity contribution is 8.13. The van der Waals surface area contributed by atoms with Crippen LogP contribution in [0.4, 0.5) is 4.39 Å². The molecular weight excluding hydrogens is 311 g/mol. The quantitative estimate of drug-likeness (QED) is 0.919. The van der Waals surface area contributed by atoms with E-state index in [0.717, 1.165) is 28.9 Å². The van der Waals surface area contributed by atoms with Gasteiger partial charge in [-0.25, -0.2) is 4.39 Å². The molecule has 0 saturated heterocycles. The topological polar surface area (TPSA) is 47.6 Å². The monoisotopic (exact) mass is 330 g/mol. The van der Waals surface area contributed by atoms with Crippen molar-refractivity contribution < 1.29 is 9.13 Å². The fourth-order valence-electron chi connectivity index (χ4n) is 2.77. The molecule has 5 heteroatoms. The number of hydrogen-bond acceptors (Lipinski definition) is 4. The van der Waals surface area contributed by atoms with Crippen molar-refractivity contribution in [3.8, 4) is 16.9 Å². The molecule has 2 aromatic rings. The Labute approximate surface area is 139 Å². The van der Waals surface area contributed by atoms with Crippen molar-refractivity contribution in [1.82, 2.24) is 0 Å². The van der Waals surface area contributed by atoms with Crippen LogP contribution in [0.3, 0.4) is 0 Å². The van der Waals surface area contributed by atoms with E-state index in [0.29, 0.717) is 5.17 Å². The van der Waals surface area contributed by atoms with E-state index >= 15 is 0 Å². The number of amidine groups is 1. The van der Waals surface area contributed by atoms with Crippen LogP contribution < -0.4 is 10.5 Å². The molecule has 0 radical (unpaired) electrons. The van der Waals surface area contributed by atoms with E-state index in [4.69, 9.17) is 10.5 Å². The van der Waals surface area contributed by atoms with Gasteiger partial charge in [0.05, 0.1) is 12.6 Å². The first-order valence-corrected chi connectivity index (χ1v) is 8.43. The summed E-state index contributed by atoms with van der Waals surface area (Å²) in [6.45, 7) is 2.10. The third kappa shape index (κ3) is 3.20. The van der Waals surface area contributed by atoms with Crippen molar-refractivity contribution in [3.63, 3.8) is 0 Å². The molecule has 0 spiro atoms. The second-order valence-electron chi connectivity index (χ2n) is 5.75. The number of thioether (sulfide) groups is 1. The number of rotatable bonds is 3. The minimum Gasteiger partial charge on any atom is -0.494 e. The molecule has 23 heavy (non-hydrogen) atoms. The van der Waals surface area contributed by atoms with Gasteiger partial charge in [0.25, 0.3) is 0 Å². The molecular formula is C18H19FN2OS. The third-order valence-electron chi connectivity index (χ3n) is 4.16. The second-order valence-corrected chi connectivity index (χ2v) is 6.87. The van der Waals surface area contributed by atoms with Crippen LogP contribution in [0, 0.1) is 5.82 Å². The molecule has 120 valence electrons. The summed E-state index contributed by atoms with van der Waals surface area (Å²) < 4.78 is 18.7. The Morgan fingerprint density at radius 1 is 1.22 bits per heavy atom. The van der Waals surface area contributed by atoms with Gasteiger partial charge in [0, 0.05) is 5.75 Å². The van der Waals surface area contributed by atoms with Gasteiger partial charge in [-0.1, -0.05) is 36.0 Å². The lowest BCUT2D eigenvalue weighted by Gasteiger charge is -2.30. The molecule has 0 unspecified atom stereocenters. The smallest absolute Gasteiger partial charge is 0.165 e. The van der Waals surface area contributed by atoms with E-state index in [-0.39, 0.29) is 17.1 Å². The van der Waals surface area contributed by atoms with Crippen molar-refractivity contribution >= 4 is 16.9 Å². The lowest BCUT2D eigenvalue weighted by Crippen LogP contribution is -2.28. The molecule has 2 aromatic carbocycles. The average molecular weight is 330 g/mol. The Bertz CT molecular complexity index is 762. The molecule has 0 aliphatic carbocycles. The molecule has 0 aromatic heterocycles. The maximum Gasteiger partial charge on any atom is 0.165 e. The number of hydrogen-bond donors (Lipinski definition) is 1. The van der Waals surface area contributed by atoms with Crippen molar-refractivity contribution in [2.24, 2.45) is 10.7 Å². The Morgan fingerprint density at radius 3 is 2.74 bits per heavy atom. The molecule has 0 amide bonds. The van der Waals surface area contributed by atoms with Crippen LogP contribution >= 0.6 is 11.8 Å². The third-order valence-corrected chi connectivity index (χ3v) is 4.96. The zero-order chi connectivity index (χ0) is 16.4. The molecule has 1 aliphatic rings. The standard InChI is InChI=1S/C18H19FN2OS/c1-18(8-9-23-17(20)21-18)14-5-3-4-12(10-14)13-6-7-15(19)16(11-13)22-2/h3-7,10-11H,8-9H2,1-2H3,(H2,20,21)/t18-/m0/s1. The summed E-state index contributed by atoms with van der Waals surface area (Å²) in [6, 6.07) is 13.1. The lowest BCUT2D eigenvalue weighted by atomic mass is 9.88. The fraction of sp³-hybridized carbons (Fsp3) is 0.278. The fourth-order valence-corrected chi connectivity index (χ4v) is 3.74. The SMILES string of the molecule is COc1cc(-c2cccc([C@]3(C)CCSC(N)=N3)c2)ccc1F. The molecule has 3 rings (SSSR count). The van der Waals surface area contributed by atoms with Crippen LogP contribution in [-0.4, -0.2) is 18.0 Å². The van der Waals surface area contributed by atoms with Crippen LogP contribution in [0.1, 0.15) is 18.9 Å². The minimum atomic E-state index is -0.360. The van der Waals surface area contributed by atoms with Crippen LogP contribution in [0.2, 0.25) is 0 Å². The second kappa shape index (κ2) is 6.24. The zero-order valence-corrected chi connectivity index (χ0v) is 14.0. The number of nitrogens with zero attached hydrogens (tertiary/aromatic N) is 1. The predicted molar refractivity (Wildman–Crippen MR) is 94.4 cm³/mol. The minimum absolute atomic E-state index is 0.246. The van der Waals surface area contributed by atoms with Crippen LogP contribution in [-0.2, 0) is 5.54 Å². The largest absolute Gasteiger partial charge is 0.494 e. The van der Waals surface area contributed by atoms with E-state index in [1.807, 2.05) is 12.1 Å². The number of nitrogens with two attached hydrogens (primary N) is 1.